The van der Waals surface area contributed by atoms with Gasteiger partial charge in [0.2, 0.25) is 10.0 Å². The minimum Gasteiger partial charge on any atom is -0.283 e. The second-order valence-electron chi connectivity index (χ2n) is 4.43. The van der Waals surface area contributed by atoms with Gasteiger partial charge >= 0.3 is 0 Å². The zero-order valence-electron chi connectivity index (χ0n) is 9.93. The normalized spacial score (nSPS) is 16.5. The number of aryl methyl sites for hydroxylation is 1. The molecule has 0 fully saturated rings. The SMILES string of the molecule is O=S1(=O)CCc2cc(-c3cncc(F)c3)ccc2N1. The molecule has 2 heterocycles. The number of hydrogen-bond donors (Lipinski definition) is 1. The van der Waals surface area contributed by atoms with Crippen molar-refractivity contribution in [1.82, 2.24) is 4.98 Å². The summed E-state index contributed by atoms with van der Waals surface area (Å²) in [6.07, 6.45) is 3.19. The summed E-state index contributed by atoms with van der Waals surface area (Å²) in [6.45, 7) is 0. The van der Waals surface area contributed by atoms with E-state index in [1.807, 2.05) is 6.07 Å². The number of aromatic nitrogens is 1. The molecule has 0 amide bonds. The number of pyridine rings is 1. The van der Waals surface area contributed by atoms with Crippen LogP contribution >= 0.6 is 0 Å². The molecule has 19 heavy (non-hydrogen) atoms. The van der Waals surface area contributed by atoms with Gasteiger partial charge in [-0.1, -0.05) is 6.07 Å². The molecule has 1 aromatic heterocycles. The Morgan fingerprint density at radius 1 is 1.16 bits per heavy atom. The zero-order chi connectivity index (χ0) is 13.5. The number of fused-ring (bicyclic) bond motifs is 1. The van der Waals surface area contributed by atoms with Crippen LogP contribution in [0.15, 0.2) is 36.7 Å². The fraction of sp³-hybridized carbons (Fsp3) is 0.154. The monoisotopic (exact) mass is 278 g/mol. The predicted molar refractivity (Wildman–Crippen MR) is 70.7 cm³/mol. The molecule has 0 atom stereocenters. The molecule has 1 aromatic carbocycles. The highest BCUT2D eigenvalue weighted by molar-refractivity contribution is 7.92. The molecule has 4 nitrogen and oxygen atoms in total. The molecule has 1 aliphatic rings. The van der Waals surface area contributed by atoms with Crippen molar-refractivity contribution in [2.45, 2.75) is 6.42 Å². The first-order valence-corrected chi connectivity index (χ1v) is 7.43. The maximum absolute atomic E-state index is 13.1. The van der Waals surface area contributed by atoms with Gasteiger partial charge < -0.3 is 0 Å². The maximum atomic E-state index is 13.1. The van der Waals surface area contributed by atoms with Crippen molar-refractivity contribution in [3.05, 3.63) is 48.0 Å². The minimum absolute atomic E-state index is 0.0743. The fourth-order valence-electron chi connectivity index (χ4n) is 2.11. The van der Waals surface area contributed by atoms with Gasteiger partial charge in [0.1, 0.15) is 5.82 Å². The predicted octanol–water partition coefficient (Wildman–Crippen LogP) is 2.19. The first-order chi connectivity index (χ1) is 9.03. The van der Waals surface area contributed by atoms with Crippen molar-refractivity contribution in [3.63, 3.8) is 0 Å². The van der Waals surface area contributed by atoms with Crippen molar-refractivity contribution in [2.24, 2.45) is 0 Å². The Labute approximate surface area is 110 Å². The van der Waals surface area contributed by atoms with E-state index in [0.717, 1.165) is 17.3 Å². The van der Waals surface area contributed by atoms with Gasteiger partial charge in [-0.2, -0.15) is 0 Å². The van der Waals surface area contributed by atoms with Crippen LogP contribution in [0.5, 0.6) is 0 Å². The van der Waals surface area contributed by atoms with E-state index in [9.17, 15) is 12.8 Å². The summed E-state index contributed by atoms with van der Waals surface area (Å²) in [5.74, 6) is -0.318. The first-order valence-electron chi connectivity index (χ1n) is 5.78. The van der Waals surface area contributed by atoms with Gasteiger partial charge in [0.05, 0.1) is 17.6 Å². The summed E-state index contributed by atoms with van der Waals surface area (Å²) >= 11 is 0. The van der Waals surface area contributed by atoms with Crippen LogP contribution in [0.3, 0.4) is 0 Å². The van der Waals surface area contributed by atoms with E-state index in [-0.39, 0.29) is 5.75 Å². The molecule has 0 bridgehead atoms. The number of benzene rings is 1. The van der Waals surface area contributed by atoms with E-state index in [1.54, 1.807) is 18.3 Å². The first kappa shape index (κ1) is 12.1. The quantitative estimate of drug-likeness (QED) is 0.870. The molecule has 0 saturated heterocycles. The number of nitrogens with zero attached hydrogens (tertiary/aromatic N) is 1. The molecular formula is C13H11FN2O2S. The van der Waals surface area contributed by atoms with Gasteiger partial charge in [0, 0.05) is 11.8 Å². The molecule has 0 spiro atoms. The lowest BCUT2D eigenvalue weighted by Crippen LogP contribution is -2.23. The molecule has 0 aliphatic carbocycles. The van der Waals surface area contributed by atoms with E-state index in [2.05, 4.69) is 9.71 Å². The summed E-state index contributed by atoms with van der Waals surface area (Å²) in [6, 6.07) is 6.73. The Morgan fingerprint density at radius 2 is 2.00 bits per heavy atom. The fourth-order valence-corrected chi connectivity index (χ4v) is 3.24. The Kier molecular flexibility index (Phi) is 2.74. The van der Waals surface area contributed by atoms with Crippen molar-refractivity contribution < 1.29 is 12.8 Å². The number of rotatable bonds is 1. The lowest BCUT2D eigenvalue weighted by Gasteiger charge is -2.19. The van der Waals surface area contributed by atoms with E-state index in [1.165, 1.54) is 6.07 Å². The maximum Gasteiger partial charge on any atom is 0.233 e. The van der Waals surface area contributed by atoms with E-state index < -0.39 is 15.8 Å². The summed E-state index contributed by atoms with van der Waals surface area (Å²) in [5, 5.41) is 0. The molecule has 3 rings (SSSR count). The molecule has 0 radical (unpaired) electrons. The Balaban J connectivity index is 2.03. The molecule has 0 saturated carbocycles. The smallest absolute Gasteiger partial charge is 0.233 e. The van der Waals surface area contributed by atoms with Crippen molar-refractivity contribution in [2.75, 3.05) is 10.5 Å². The second-order valence-corrected chi connectivity index (χ2v) is 6.28. The minimum atomic E-state index is -3.20. The van der Waals surface area contributed by atoms with Crippen LogP contribution in [-0.4, -0.2) is 19.2 Å². The number of halogens is 1. The molecular weight excluding hydrogens is 267 g/mol. The molecule has 2 aromatic rings. The lowest BCUT2D eigenvalue weighted by atomic mass is 10.0. The van der Waals surface area contributed by atoms with E-state index in [4.69, 9.17) is 0 Å². The average molecular weight is 278 g/mol. The summed E-state index contributed by atoms with van der Waals surface area (Å²) in [5.41, 5.74) is 3.01. The molecule has 1 aliphatic heterocycles. The third kappa shape index (κ3) is 2.44. The second kappa shape index (κ2) is 4.31. The van der Waals surface area contributed by atoms with Crippen molar-refractivity contribution in [3.8, 4) is 11.1 Å². The van der Waals surface area contributed by atoms with Crippen molar-refractivity contribution in [1.29, 1.82) is 0 Å². The average Bonchev–Trinajstić information content (AvgIpc) is 2.37. The van der Waals surface area contributed by atoms with Gasteiger partial charge in [-0.15, -0.1) is 0 Å². The van der Waals surface area contributed by atoms with Gasteiger partial charge in [-0.25, -0.2) is 12.8 Å². The number of hydrogen-bond acceptors (Lipinski definition) is 3. The van der Waals surface area contributed by atoms with Gasteiger partial charge in [0.15, 0.2) is 0 Å². The third-order valence-corrected chi connectivity index (χ3v) is 4.32. The topological polar surface area (TPSA) is 59.1 Å². The molecule has 6 heteroatoms. The zero-order valence-corrected chi connectivity index (χ0v) is 10.7. The highest BCUT2D eigenvalue weighted by atomic mass is 32.2. The largest absolute Gasteiger partial charge is 0.283 e. The number of sulfonamides is 1. The highest BCUT2D eigenvalue weighted by Gasteiger charge is 2.20. The van der Waals surface area contributed by atoms with Crippen LogP contribution < -0.4 is 4.72 Å². The molecule has 1 N–H and O–H groups in total. The Bertz CT molecular complexity index is 744. The standard InChI is InChI=1S/C13H11FN2O2S/c14-12-6-11(7-15-8-12)9-1-2-13-10(5-9)3-4-19(17,18)16-13/h1-2,5-8,16H,3-4H2. The van der Waals surface area contributed by atoms with Crippen LogP contribution in [0.25, 0.3) is 11.1 Å². The summed E-state index contributed by atoms with van der Waals surface area (Å²) < 4.78 is 38.5. The van der Waals surface area contributed by atoms with Crippen LogP contribution in [0.2, 0.25) is 0 Å². The molecule has 98 valence electrons. The van der Waals surface area contributed by atoms with E-state index in [0.29, 0.717) is 17.7 Å². The molecule has 0 unspecified atom stereocenters. The van der Waals surface area contributed by atoms with Crippen LogP contribution in [0, 0.1) is 5.82 Å². The number of nitrogens with one attached hydrogen (secondary N) is 1. The Morgan fingerprint density at radius 3 is 2.79 bits per heavy atom. The van der Waals surface area contributed by atoms with E-state index >= 15 is 0 Å². The number of anilines is 1. The summed E-state index contributed by atoms with van der Waals surface area (Å²) in [4.78, 5) is 3.81. The summed E-state index contributed by atoms with van der Waals surface area (Å²) in [7, 11) is -3.20. The van der Waals surface area contributed by atoms with Gasteiger partial charge in [-0.05, 0) is 35.7 Å². The Hall–Kier alpha value is -1.95. The van der Waals surface area contributed by atoms with Gasteiger partial charge in [-0.3, -0.25) is 9.71 Å². The highest BCUT2D eigenvalue weighted by Crippen LogP contribution is 2.28. The third-order valence-electron chi connectivity index (χ3n) is 3.05. The van der Waals surface area contributed by atoms with Crippen molar-refractivity contribution >= 4 is 15.7 Å². The lowest BCUT2D eigenvalue weighted by molar-refractivity contribution is 0.599. The van der Waals surface area contributed by atoms with Crippen LogP contribution in [-0.2, 0) is 16.4 Å². The van der Waals surface area contributed by atoms with Crippen LogP contribution in [0.4, 0.5) is 10.1 Å². The van der Waals surface area contributed by atoms with Gasteiger partial charge in [0.25, 0.3) is 0 Å². The van der Waals surface area contributed by atoms with Crippen LogP contribution in [0.1, 0.15) is 5.56 Å².